The number of rotatable bonds is 5. The zero-order valence-electron chi connectivity index (χ0n) is 13.4. The Morgan fingerprint density at radius 3 is 2.62 bits per heavy atom. The SMILES string of the molecule is C=C(C)C(=O)N(CC#Cc1ccc(C(C)C)cn1)CCC. The average Bonchev–Trinajstić information content (AvgIpc) is 2.46. The maximum absolute atomic E-state index is 11.9. The van der Waals surface area contributed by atoms with Crippen LogP contribution in [0, 0.1) is 11.8 Å². The predicted molar refractivity (Wildman–Crippen MR) is 86.9 cm³/mol. The van der Waals surface area contributed by atoms with Crippen LogP contribution < -0.4 is 0 Å². The van der Waals surface area contributed by atoms with E-state index in [9.17, 15) is 4.79 Å². The number of nitrogens with zero attached hydrogens (tertiary/aromatic N) is 2. The second kappa shape index (κ2) is 8.26. The summed E-state index contributed by atoms with van der Waals surface area (Å²) in [6.45, 7) is 12.8. The summed E-state index contributed by atoms with van der Waals surface area (Å²) in [5.41, 5.74) is 2.48. The fraction of sp³-hybridized carbons (Fsp3) is 0.444. The lowest BCUT2D eigenvalue weighted by Crippen LogP contribution is -2.32. The van der Waals surface area contributed by atoms with E-state index < -0.39 is 0 Å². The summed E-state index contributed by atoms with van der Waals surface area (Å²) < 4.78 is 0. The van der Waals surface area contributed by atoms with Crippen LogP contribution in [0.2, 0.25) is 0 Å². The normalized spacial score (nSPS) is 9.95. The highest BCUT2D eigenvalue weighted by Crippen LogP contribution is 2.12. The van der Waals surface area contributed by atoms with Crippen molar-refractivity contribution in [2.45, 2.75) is 40.0 Å². The van der Waals surface area contributed by atoms with Crippen LogP contribution in [0.4, 0.5) is 0 Å². The van der Waals surface area contributed by atoms with Gasteiger partial charge in [0.2, 0.25) is 5.91 Å². The first-order chi connectivity index (χ1) is 9.95. The molecule has 1 aromatic rings. The lowest BCUT2D eigenvalue weighted by Gasteiger charge is -2.19. The van der Waals surface area contributed by atoms with Gasteiger partial charge in [-0.2, -0.15) is 0 Å². The Hall–Kier alpha value is -2.08. The smallest absolute Gasteiger partial charge is 0.249 e. The molecule has 1 heterocycles. The molecule has 0 radical (unpaired) electrons. The van der Waals surface area contributed by atoms with Crippen LogP contribution in [0.25, 0.3) is 0 Å². The summed E-state index contributed by atoms with van der Waals surface area (Å²) in [4.78, 5) is 18.0. The highest BCUT2D eigenvalue weighted by Gasteiger charge is 2.11. The summed E-state index contributed by atoms with van der Waals surface area (Å²) >= 11 is 0. The van der Waals surface area contributed by atoms with E-state index in [1.807, 2.05) is 25.3 Å². The summed E-state index contributed by atoms with van der Waals surface area (Å²) in [6, 6.07) is 3.97. The first kappa shape index (κ1) is 17.0. The molecule has 1 aromatic heterocycles. The fourth-order valence-electron chi connectivity index (χ4n) is 1.84. The highest BCUT2D eigenvalue weighted by atomic mass is 16.2. The molecule has 0 aromatic carbocycles. The molecule has 1 rings (SSSR count). The van der Waals surface area contributed by atoms with Crippen molar-refractivity contribution >= 4 is 5.91 Å². The second-order valence-corrected chi connectivity index (χ2v) is 5.44. The highest BCUT2D eigenvalue weighted by molar-refractivity contribution is 5.92. The third-order valence-electron chi connectivity index (χ3n) is 3.09. The van der Waals surface area contributed by atoms with E-state index in [1.54, 1.807) is 11.8 Å². The largest absolute Gasteiger partial charge is 0.328 e. The van der Waals surface area contributed by atoms with Gasteiger partial charge in [0.05, 0.1) is 6.54 Å². The van der Waals surface area contributed by atoms with Crippen LogP contribution in [0.5, 0.6) is 0 Å². The minimum Gasteiger partial charge on any atom is -0.328 e. The molecule has 0 N–H and O–H groups in total. The molecule has 1 amide bonds. The zero-order chi connectivity index (χ0) is 15.8. The van der Waals surface area contributed by atoms with Gasteiger partial charge in [-0.3, -0.25) is 4.79 Å². The van der Waals surface area contributed by atoms with E-state index in [1.165, 1.54) is 5.56 Å². The molecular weight excluding hydrogens is 260 g/mol. The Labute approximate surface area is 128 Å². The van der Waals surface area contributed by atoms with Gasteiger partial charge in [0, 0.05) is 18.3 Å². The minimum absolute atomic E-state index is 0.0331. The van der Waals surface area contributed by atoms with E-state index in [0.717, 1.165) is 12.1 Å². The first-order valence-corrected chi connectivity index (χ1v) is 7.35. The molecule has 0 saturated heterocycles. The number of hydrogen-bond donors (Lipinski definition) is 0. The summed E-state index contributed by atoms with van der Waals surface area (Å²) in [7, 11) is 0. The van der Waals surface area contributed by atoms with Crippen LogP contribution >= 0.6 is 0 Å². The van der Waals surface area contributed by atoms with Crippen molar-refractivity contribution in [2.75, 3.05) is 13.1 Å². The lowest BCUT2D eigenvalue weighted by atomic mass is 10.1. The van der Waals surface area contributed by atoms with Crippen molar-refractivity contribution in [3.8, 4) is 11.8 Å². The van der Waals surface area contributed by atoms with Crippen molar-refractivity contribution in [3.05, 3.63) is 41.7 Å². The maximum atomic E-state index is 11.9. The number of amides is 1. The molecule has 0 fully saturated rings. The van der Waals surface area contributed by atoms with Crippen molar-refractivity contribution in [2.24, 2.45) is 0 Å². The quantitative estimate of drug-likeness (QED) is 0.613. The summed E-state index contributed by atoms with van der Waals surface area (Å²) in [6.07, 6.45) is 2.76. The van der Waals surface area contributed by atoms with E-state index in [-0.39, 0.29) is 5.91 Å². The molecule has 0 aliphatic heterocycles. The number of pyridine rings is 1. The molecule has 0 bridgehead atoms. The molecule has 0 saturated carbocycles. The third kappa shape index (κ3) is 5.43. The van der Waals surface area contributed by atoms with Crippen LogP contribution in [0.1, 0.15) is 51.3 Å². The number of aromatic nitrogens is 1. The standard InChI is InChI=1S/C18H24N2O/c1-6-11-20(18(21)15(4)5)12-7-8-17-10-9-16(13-19-17)14(2)3/h9-10,13-14H,4,6,11-12H2,1-3,5H3. The zero-order valence-corrected chi connectivity index (χ0v) is 13.4. The van der Waals surface area contributed by atoms with Crippen molar-refractivity contribution in [3.63, 3.8) is 0 Å². The van der Waals surface area contributed by atoms with Crippen LogP contribution in [0.15, 0.2) is 30.5 Å². The van der Waals surface area contributed by atoms with E-state index >= 15 is 0 Å². The second-order valence-electron chi connectivity index (χ2n) is 5.44. The predicted octanol–water partition coefficient (Wildman–Crippen LogP) is 3.37. The molecule has 0 atom stereocenters. The Kier molecular flexibility index (Phi) is 6.68. The molecular formula is C18H24N2O. The molecule has 3 nitrogen and oxygen atoms in total. The Morgan fingerprint density at radius 2 is 2.14 bits per heavy atom. The first-order valence-electron chi connectivity index (χ1n) is 7.35. The summed E-state index contributed by atoms with van der Waals surface area (Å²) in [5.74, 6) is 6.46. The van der Waals surface area contributed by atoms with E-state index in [4.69, 9.17) is 0 Å². The van der Waals surface area contributed by atoms with Gasteiger partial charge in [-0.15, -0.1) is 0 Å². The molecule has 3 heteroatoms. The van der Waals surface area contributed by atoms with Gasteiger partial charge in [-0.1, -0.05) is 39.3 Å². The van der Waals surface area contributed by atoms with Gasteiger partial charge in [0.1, 0.15) is 5.69 Å². The molecule has 0 aliphatic carbocycles. The fourth-order valence-corrected chi connectivity index (χ4v) is 1.84. The van der Waals surface area contributed by atoms with Crippen LogP contribution in [0.3, 0.4) is 0 Å². The molecule has 0 unspecified atom stereocenters. The van der Waals surface area contributed by atoms with E-state index in [0.29, 0.717) is 24.6 Å². The van der Waals surface area contributed by atoms with Gasteiger partial charge >= 0.3 is 0 Å². The lowest BCUT2D eigenvalue weighted by molar-refractivity contribution is -0.126. The Morgan fingerprint density at radius 1 is 1.43 bits per heavy atom. The monoisotopic (exact) mass is 284 g/mol. The molecule has 112 valence electrons. The van der Waals surface area contributed by atoms with Gasteiger partial charge in [-0.25, -0.2) is 4.98 Å². The molecule has 0 aliphatic rings. The third-order valence-corrected chi connectivity index (χ3v) is 3.09. The van der Waals surface area contributed by atoms with Crippen LogP contribution in [-0.4, -0.2) is 28.9 Å². The Balaban J connectivity index is 2.72. The number of carbonyl (C=O) groups is 1. The number of hydrogen-bond acceptors (Lipinski definition) is 2. The van der Waals surface area contributed by atoms with Crippen molar-refractivity contribution in [1.82, 2.24) is 9.88 Å². The molecule has 21 heavy (non-hydrogen) atoms. The maximum Gasteiger partial charge on any atom is 0.249 e. The van der Waals surface area contributed by atoms with Gasteiger partial charge in [0.15, 0.2) is 0 Å². The Bertz CT molecular complexity index is 547. The minimum atomic E-state index is -0.0331. The topological polar surface area (TPSA) is 33.2 Å². The summed E-state index contributed by atoms with van der Waals surface area (Å²) in [5, 5.41) is 0. The van der Waals surface area contributed by atoms with Crippen LogP contribution in [-0.2, 0) is 4.79 Å². The van der Waals surface area contributed by atoms with Gasteiger partial charge in [0.25, 0.3) is 0 Å². The van der Waals surface area contributed by atoms with Gasteiger partial charge < -0.3 is 4.90 Å². The van der Waals surface area contributed by atoms with Gasteiger partial charge in [-0.05, 0) is 36.8 Å². The van der Waals surface area contributed by atoms with E-state index in [2.05, 4.69) is 37.3 Å². The number of carbonyl (C=O) groups excluding carboxylic acids is 1. The molecule has 0 spiro atoms. The van der Waals surface area contributed by atoms with Crippen molar-refractivity contribution in [1.29, 1.82) is 0 Å². The van der Waals surface area contributed by atoms with Crippen molar-refractivity contribution < 1.29 is 4.79 Å². The average molecular weight is 284 g/mol.